The Bertz CT molecular complexity index is 1590. The summed E-state index contributed by atoms with van der Waals surface area (Å²) in [6, 6.07) is 33.0. The second-order valence-corrected chi connectivity index (χ2v) is 9.46. The van der Waals surface area contributed by atoms with Crippen molar-refractivity contribution in [1.82, 2.24) is 15.6 Å². The van der Waals surface area contributed by atoms with E-state index in [0.29, 0.717) is 25.3 Å². The van der Waals surface area contributed by atoms with Crippen LogP contribution in [0.3, 0.4) is 0 Å². The summed E-state index contributed by atoms with van der Waals surface area (Å²) in [4.78, 5) is 28.1. The summed E-state index contributed by atoms with van der Waals surface area (Å²) in [7, 11) is 0. The summed E-state index contributed by atoms with van der Waals surface area (Å²) in [6.45, 7) is 1.43. The summed E-state index contributed by atoms with van der Waals surface area (Å²) >= 11 is 0. The van der Waals surface area contributed by atoms with Crippen molar-refractivity contribution in [3.63, 3.8) is 0 Å². The van der Waals surface area contributed by atoms with Gasteiger partial charge < -0.3 is 20.4 Å². The molecule has 0 fully saturated rings. The summed E-state index contributed by atoms with van der Waals surface area (Å²) in [6.07, 6.45) is 6.02. The number of nitrogens with one attached hydrogen (secondary N) is 3. The average Bonchev–Trinajstić information content (AvgIpc) is 3.42. The van der Waals surface area contributed by atoms with Gasteiger partial charge in [-0.2, -0.15) is 0 Å². The number of carbonyl (C=O) groups is 2. The van der Waals surface area contributed by atoms with Crippen LogP contribution in [0.5, 0.6) is 5.75 Å². The second-order valence-electron chi connectivity index (χ2n) is 9.46. The molecular weight excluding hydrogens is 498 g/mol. The van der Waals surface area contributed by atoms with Gasteiger partial charge in [-0.3, -0.25) is 9.59 Å². The highest BCUT2D eigenvalue weighted by atomic mass is 16.5. The molecule has 0 unspecified atom stereocenters. The third-order valence-corrected chi connectivity index (χ3v) is 6.59. The van der Waals surface area contributed by atoms with E-state index in [1.807, 2.05) is 91.1 Å². The Labute approximate surface area is 233 Å². The van der Waals surface area contributed by atoms with Gasteiger partial charge in [0.2, 0.25) is 5.91 Å². The van der Waals surface area contributed by atoms with Gasteiger partial charge in [-0.1, -0.05) is 72.8 Å². The van der Waals surface area contributed by atoms with Crippen LogP contribution < -0.4 is 15.4 Å². The van der Waals surface area contributed by atoms with Crippen molar-refractivity contribution in [2.75, 3.05) is 6.54 Å². The number of hydrogen-bond donors (Lipinski definition) is 3. The molecule has 0 saturated heterocycles. The van der Waals surface area contributed by atoms with E-state index >= 15 is 0 Å². The molecule has 3 N–H and O–H groups in total. The molecule has 40 heavy (non-hydrogen) atoms. The van der Waals surface area contributed by atoms with Crippen LogP contribution in [0.2, 0.25) is 0 Å². The molecular formula is C34H31N3O3. The van der Waals surface area contributed by atoms with Crippen LogP contribution in [-0.4, -0.2) is 23.3 Å². The maximum atomic E-state index is 12.6. The third-order valence-electron chi connectivity index (χ3n) is 6.59. The van der Waals surface area contributed by atoms with E-state index in [9.17, 15) is 9.59 Å². The fourth-order valence-corrected chi connectivity index (χ4v) is 4.36. The molecule has 0 aliphatic rings. The Hall–Kier alpha value is -5.10. The Kier molecular flexibility index (Phi) is 8.69. The fourth-order valence-electron chi connectivity index (χ4n) is 4.36. The van der Waals surface area contributed by atoms with E-state index in [0.717, 1.165) is 34.4 Å². The number of para-hydroxylation sites is 1. The molecule has 6 nitrogen and oxygen atoms in total. The van der Waals surface area contributed by atoms with E-state index in [1.54, 1.807) is 18.2 Å². The van der Waals surface area contributed by atoms with Crippen molar-refractivity contribution in [2.45, 2.75) is 19.6 Å². The Balaban J connectivity index is 1.03. The van der Waals surface area contributed by atoms with Gasteiger partial charge in [-0.25, -0.2) is 0 Å². The predicted molar refractivity (Wildman–Crippen MR) is 159 cm³/mol. The van der Waals surface area contributed by atoms with Gasteiger partial charge >= 0.3 is 0 Å². The van der Waals surface area contributed by atoms with Crippen molar-refractivity contribution in [1.29, 1.82) is 0 Å². The van der Waals surface area contributed by atoms with Crippen LogP contribution >= 0.6 is 0 Å². The molecule has 0 aliphatic heterocycles. The van der Waals surface area contributed by atoms with Crippen molar-refractivity contribution >= 4 is 28.8 Å². The highest BCUT2D eigenvalue weighted by Gasteiger charge is 2.07. The van der Waals surface area contributed by atoms with Crippen LogP contribution in [-0.2, 0) is 24.4 Å². The summed E-state index contributed by atoms with van der Waals surface area (Å²) in [5.41, 5.74) is 5.80. The second kappa shape index (κ2) is 13.1. The highest BCUT2D eigenvalue weighted by molar-refractivity contribution is 5.94. The maximum Gasteiger partial charge on any atom is 0.251 e. The number of aromatic nitrogens is 1. The lowest BCUT2D eigenvalue weighted by Crippen LogP contribution is -2.25. The van der Waals surface area contributed by atoms with Crippen LogP contribution in [0, 0.1) is 0 Å². The normalized spacial score (nSPS) is 11.0. The summed E-state index contributed by atoms with van der Waals surface area (Å²) in [5, 5.41) is 7.04. The van der Waals surface area contributed by atoms with Crippen molar-refractivity contribution in [3.8, 4) is 5.75 Å². The van der Waals surface area contributed by atoms with Crippen LogP contribution in [0.1, 0.15) is 32.6 Å². The molecule has 5 rings (SSSR count). The Morgan fingerprint density at radius 2 is 1.52 bits per heavy atom. The number of benzene rings is 4. The van der Waals surface area contributed by atoms with Gasteiger partial charge in [0, 0.05) is 41.8 Å². The average molecular weight is 530 g/mol. The zero-order valence-electron chi connectivity index (χ0n) is 22.1. The SMILES string of the molecule is O=C(C=Cc1ccc(OCc2ccccc2)cc1)NCc1ccc(C(=O)NCCc2c[nH]c3ccccc23)cc1. The minimum atomic E-state index is -0.191. The first-order valence-corrected chi connectivity index (χ1v) is 13.3. The van der Waals surface area contributed by atoms with E-state index < -0.39 is 0 Å². The lowest BCUT2D eigenvalue weighted by atomic mass is 10.1. The summed E-state index contributed by atoms with van der Waals surface area (Å²) in [5.74, 6) is 0.468. The van der Waals surface area contributed by atoms with E-state index in [4.69, 9.17) is 4.74 Å². The Morgan fingerprint density at radius 3 is 2.33 bits per heavy atom. The largest absolute Gasteiger partial charge is 0.489 e. The summed E-state index contributed by atoms with van der Waals surface area (Å²) < 4.78 is 5.80. The molecule has 0 radical (unpaired) electrons. The number of rotatable bonds is 11. The van der Waals surface area contributed by atoms with Crippen molar-refractivity contribution < 1.29 is 14.3 Å². The molecule has 1 heterocycles. The van der Waals surface area contributed by atoms with E-state index in [-0.39, 0.29) is 11.8 Å². The van der Waals surface area contributed by atoms with Crippen LogP contribution in [0.4, 0.5) is 0 Å². The quantitative estimate of drug-likeness (QED) is 0.182. The minimum absolute atomic E-state index is 0.116. The molecule has 0 atom stereocenters. The third kappa shape index (κ3) is 7.26. The van der Waals surface area contributed by atoms with Gasteiger partial charge in [-0.05, 0) is 65.1 Å². The predicted octanol–water partition coefficient (Wildman–Crippen LogP) is 6.05. The van der Waals surface area contributed by atoms with Crippen molar-refractivity contribution in [3.05, 3.63) is 143 Å². The molecule has 4 aromatic carbocycles. The molecule has 5 aromatic rings. The maximum absolute atomic E-state index is 12.6. The van der Waals surface area contributed by atoms with Gasteiger partial charge in [0.1, 0.15) is 12.4 Å². The van der Waals surface area contributed by atoms with Crippen LogP contribution in [0.25, 0.3) is 17.0 Å². The van der Waals surface area contributed by atoms with E-state index in [2.05, 4.69) is 21.7 Å². The monoisotopic (exact) mass is 529 g/mol. The number of fused-ring (bicyclic) bond motifs is 1. The lowest BCUT2D eigenvalue weighted by Gasteiger charge is -2.07. The first-order chi connectivity index (χ1) is 19.6. The number of aromatic amines is 1. The fraction of sp³-hybridized carbons (Fsp3) is 0.118. The lowest BCUT2D eigenvalue weighted by molar-refractivity contribution is -0.116. The number of amides is 2. The number of carbonyl (C=O) groups excluding carboxylic acids is 2. The Morgan fingerprint density at radius 1 is 0.775 bits per heavy atom. The molecule has 2 amide bonds. The molecule has 0 bridgehead atoms. The minimum Gasteiger partial charge on any atom is -0.489 e. The molecule has 200 valence electrons. The zero-order valence-corrected chi connectivity index (χ0v) is 22.1. The van der Waals surface area contributed by atoms with Crippen molar-refractivity contribution in [2.24, 2.45) is 0 Å². The smallest absolute Gasteiger partial charge is 0.251 e. The molecule has 1 aromatic heterocycles. The highest BCUT2D eigenvalue weighted by Crippen LogP contribution is 2.18. The van der Waals surface area contributed by atoms with Crippen LogP contribution in [0.15, 0.2) is 115 Å². The molecule has 0 spiro atoms. The number of ether oxygens (including phenoxy) is 1. The van der Waals surface area contributed by atoms with Gasteiger partial charge in [0.15, 0.2) is 0 Å². The number of hydrogen-bond acceptors (Lipinski definition) is 3. The van der Waals surface area contributed by atoms with Gasteiger partial charge in [0.05, 0.1) is 0 Å². The zero-order chi connectivity index (χ0) is 27.6. The molecule has 0 saturated carbocycles. The van der Waals surface area contributed by atoms with E-state index in [1.165, 1.54) is 17.0 Å². The molecule has 6 heteroatoms. The first kappa shape index (κ1) is 26.5. The van der Waals surface area contributed by atoms with Gasteiger partial charge in [0.25, 0.3) is 5.91 Å². The first-order valence-electron chi connectivity index (χ1n) is 13.3. The van der Waals surface area contributed by atoms with Gasteiger partial charge in [-0.15, -0.1) is 0 Å². The topological polar surface area (TPSA) is 83.2 Å². The molecule has 0 aliphatic carbocycles. The standard InChI is InChI=1S/C34H31N3O3/c38-33(19-14-25-12-17-30(18-13-25)40-24-27-6-2-1-3-7-27)37-22-26-10-15-28(16-11-26)34(39)35-21-20-29-23-36-32-9-5-4-8-31(29)32/h1-19,23,36H,20-22,24H2,(H,35,39)(H,37,38). The number of H-pyrrole nitrogens is 1.